The molecule has 0 saturated heterocycles. The lowest BCUT2D eigenvalue weighted by atomic mass is 10.1. The van der Waals surface area contributed by atoms with Gasteiger partial charge in [-0.05, 0) is 37.5 Å². The maximum atomic E-state index is 8.87. The maximum absolute atomic E-state index is 8.87. The molecule has 4 aromatic heterocycles. The fraction of sp³-hybridized carbons (Fsp3) is 0.278. The summed E-state index contributed by atoms with van der Waals surface area (Å²) in [5.74, 6) is 2.13. The summed E-state index contributed by atoms with van der Waals surface area (Å²) in [4.78, 5) is 11.8. The van der Waals surface area contributed by atoms with Crippen molar-refractivity contribution in [2.75, 3.05) is 5.32 Å². The molecule has 4 heterocycles. The van der Waals surface area contributed by atoms with E-state index in [4.69, 9.17) is 5.26 Å². The van der Waals surface area contributed by atoms with Gasteiger partial charge in [0.05, 0.1) is 17.3 Å². The minimum absolute atomic E-state index is 0.330. The van der Waals surface area contributed by atoms with Crippen LogP contribution in [0.3, 0.4) is 0 Å². The Balaban J connectivity index is 1.39. The summed E-state index contributed by atoms with van der Waals surface area (Å²) < 4.78 is 2.10. The van der Waals surface area contributed by atoms with Crippen molar-refractivity contribution in [3.8, 4) is 6.07 Å². The van der Waals surface area contributed by atoms with Gasteiger partial charge in [0, 0.05) is 24.4 Å². The average molecular weight is 344 g/mol. The SMILES string of the molecule is N#Cc1ccc(N[C@H]2CC[C@@H](c3nnc4cnc5[nH]ccc5n34)C2)nc1. The fourth-order valence-corrected chi connectivity index (χ4v) is 3.76. The molecule has 1 saturated carbocycles. The number of hydrogen-bond donors (Lipinski definition) is 2. The lowest BCUT2D eigenvalue weighted by Crippen LogP contribution is -2.16. The van der Waals surface area contributed by atoms with E-state index in [1.54, 1.807) is 18.5 Å². The van der Waals surface area contributed by atoms with Gasteiger partial charge in [-0.15, -0.1) is 10.2 Å². The van der Waals surface area contributed by atoms with Crippen LogP contribution in [0.25, 0.3) is 16.8 Å². The Labute approximate surface area is 148 Å². The van der Waals surface area contributed by atoms with Gasteiger partial charge in [0.15, 0.2) is 11.3 Å². The molecule has 0 amide bonds. The van der Waals surface area contributed by atoms with E-state index in [1.165, 1.54) is 0 Å². The quantitative estimate of drug-likeness (QED) is 0.591. The fourth-order valence-electron chi connectivity index (χ4n) is 3.76. The molecule has 0 bridgehead atoms. The van der Waals surface area contributed by atoms with E-state index < -0.39 is 0 Å². The van der Waals surface area contributed by atoms with Gasteiger partial charge in [0.25, 0.3) is 0 Å². The molecule has 128 valence electrons. The highest BCUT2D eigenvalue weighted by Crippen LogP contribution is 2.35. The number of H-pyrrole nitrogens is 1. The monoisotopic (exact) mass is 344 g/mol. The number of nitrogens with zero attached hydrogens (tertiary/aromatic N) is 6. The molecule has 2 atom stereocenters. The molecule has 8 nitrogen and oxygen atoms in total. The number of hydrogen-bond acceptors (Lipinski definition) is 6. The standard InChI is InChI=1S/C18H16N8/c19-8-11-1-4-15(21-9-11)23-13-3-2-12(7-13)18-25-24-16-10-22-17-14(26(16)18)5-6-20-17/h1,4-6,9-10,12-13,20H,2-3,7H2,(H,21,23)/t12-,13+/m1/s1. The van der Waals surface area contributed by atoms with Gasteiger partial charge >= 0.3 is 0 Å². The third kappa shape index (κ3) is 2.37. The van der Waals surface area contributed by atoms with Crippen molar-refractivity contribution in [2.45, 2.75) is 31.2 Å². The second-order valence-corrected chi connectivity index (χ2v) is 6.62. The van der Waals surface area contributed by atoms with Gasteiger partial charge in [-0.25, -0.2) is 9.97 Å². The normalized spacial score (nSPS) is 19.8. The molecule has 2 N–H and O–H groups in total. The van der Waals surface area contributed by atoms with Gasteiger partial charge in [0.1, 0.15) is 17.7 Å². The van der Waals surface area contributed by atoms with E-state index in [1.807, 2.05) is 18.3 Å². The average Bonchev–Trinajstić information content (AvgIpc) is 3.40. The molecule has 1 aliphatic carbocycles. The Bertz CT molecular complexity index is 1120. The van der Waals surface area contributed by atoms with Crippen LogP contribution in [-0.4, -0.2) is 35.6 Å². The first-order valence-electron chi connectivity index (χ1n) is 8.61. The van der Waals surface area contributed by atoms with E-state index >= 15 is 0 Å². The van der Waals surface area contributed by atoms with Gasteiger partial charge in [0.2, 0.25) is 0 Å². The first kappa shape index (κ1) is 14.8. The topological polar surface area (TPSA) is 108 Å². The van der Waals surface area contributed by atoms with Gasteiger partial charge in [-0.2, -0.15) is 5.26 Å². The molecule has 0 spiro atoms. The van der Waals surface area contributed by atoms with Crippen LogP contribution >= 0.6 is 0 Å². The summed E-state index contributed by atoms with van der Waals surface area (Å²) in [5.41, 5.74) is 3.19. The number of anilines is 1. The van der Waals surface area contributed by atoms with Crippen molar-refractivity contribution in [3.63, 3.8) is 0 Å². The molecule has 4 aromatic rings. The van der Waals surface area contributed by atoms with Crippen molar-refractivity contribution in [3.05, 3.63) is 48.2 Å². The Hall–Kier alpha value is -3.47. The Morgan fingerprint density at radius 1 is 1.15 bits per heavy atom. The van der Waals surface area contributed by atoms with Crippen molar-refractivity contribution in [1.82, 2.24) is 29.5 Å². The second kappa shape index (κ2) is 5.81. The Kier molecular flexibility index (Phi) is 3.31. The Morgan fingerprint density at radius 3 is 2.96 bits per heavy atom. The summed E-state index contributed by atoms with van der Waals surface area (Å²) in [6.45, 7) is 0. The van der Waals surface area contributed by atoms with Gasteiger partial charge < -0.3 is 10.3 Å². The smallest absolute Gasteiger partial charge is 0.179 e. The lowest BCUT2D eigenvalue weighted by Gasteiger charge is -2.13. The van der Waals surface area contributed by atoms with Crippen molar-refractivity contribution in [1.29, 1.82) is 5.26 Å². The molecule has 1 aliphatic rings. The van der Waals surface area contributed by atoms with E-state index in [2.05, 4.69) is 40.9 Å². The summed E-state index contributed by atoms with van der Waals surface area (Å²) in [6.07, 6.45) is 8.29. The number of aromatic nitrogens is 6. The van der Waals surface area contributed by atoms with E-state index in [0.717, 1.165) is 47.7 Å². The second-order valence-electron chi connectivity index (χ2n) is 6.62. The maximum Gasteiger partial charge on any atom is 0.179 e. The van der Waals surface area contributed by atoms with Crippen LogP contribution in [0.5, 0.6) is 0 Å². The molecule has 0 unspecified atom stereocenters. The predicted octanol–water partition coefficient (Wildman–Crippen LogP) is 2.62. The summed E-state index contributed by atoms with van der Waals surface area (Å²) in [6, 6.07) is 8.06. The first-order chi connectivity index (χ1) is 12.8. The van der Waals surface area contributed by atoms with Gasteiger partial charge in [-0.1, -0.05) is 0 Å². The van der Waals surface area contributed by atoms with Gasteiger partial charge in [-0.3, -0.25) is 4.40 Å². The molecule has 1 fully saturated rings. The molecule has 26 heavy (non-hydrogen) atoms. The van der Waals surface area contributed by atoms with Crippen LogP contribution < -0.4 is 5.32 Å². The summed E-state index contributed by atoms with van der Waals surface area (Å²) >= 11 is 0. The zero-order valence-corrected chi connectivity index (χ0v) is 13.9. The Morgan fingerprint density at radius 2 is 2.12 bits per heavy atom. The minimum Gasteiger partial charge on any atom is -0.367 e. The largest absolute Gasteiger partial charge is 0.367 e. The van der Waals surface area contributed by atoms with Crippen LogP contribution in [0.1, 0.15) is 36.6 Å². The van der Waals surface area contributed by atoms with Crippen LogP contribution in [0.4, 0.5) is 5.82 Å². The van der Waals surface area contributed by atoms with Crippen molar-refractivity contribution < 1.29 is 0 Å². The van der Waals surface area contributed by atoms with Crippen LogP contribution in [-0.2, 0) is 0 Å². The summed E-state index contributed by atoms with van der Waals surface area (Å²) in [7, 11) is 0. The van der Waals surface area contributed by atoms with Crippen molar-refractivity contribution in [2.24, 2.45) is 0 Å². The predicted molar refractivity (Wildman–Crippen MR) is 95.6 cm³/mol. The highest BCUT2D eigenvalue weighted by molar-refractivity contribution is 5.74. The zero-order valence-electron chi connectivity index (χ0n) is 13.9. The molecular formula is C18H16N8. The highest BCUT2D eigenvalue weighted by atomic mass is 15.3. The molecule has 5 rings (SSSR count). The molecule has 0 aliphatic heterocycles. The number of nitrogens with one attached hydrogen (secondary N) is 2. The highest BCUT2D eigenvalue weighted by Gasteiger charge is 2.30. The summed E-state index contributed by atoms with van der Waals surface area (Å²) in [5, 5.41) is 21.1. The molecular weight excluding hydrogens is 328 g/mol. The minimum atomic E-state index is 0.330. The molecule has 0 radical (unpaired) electrons. The number of pyridine rings is 1. The number of rotatable bonds is 3. The van der Waals surface area contributed by atoms with E-state index in [0.29, 0.717) is 17.5 Å². The van der Waals surface area contributed by atoms with Crippen LogP contribution in [0.2, 0.25) is 0 Å². The number of aromatic amines is 1. The van der Waals surface area contributed by atoms with E-state index in [-0.39, 0.29) is 0 Å². The number of fused-ring (bicyclic) bond motifs is 3. The number of nitriles is 1. The van der Waals surface area contributed by atoms with E-state index in [9.17, 15) is 0 Å². The molecule has 8 heteroatoms. The van der Waals surface area contributed by atoms with Crippen molar-refractivity contribution >= 4 is 22.6 Å². The van der Waals surface area contributed by atoms with Crippen LogP contribution in [0.15, 0.2) is 36.8 Å². The zero-order chi connectivity index (χ0) is 17.5. The van der Waals surface area contributed by atoms with Crippen LogP contribution in [0, 0.1) is 11.3 Å². The lowest BCUT2D eigenvalue weighted by molar-refractivity contribution is 0.651. The third-order valence-electron chi connectivity index (χ3n) is 5.01. The third-order valence-corrected chi connectivity index (χ3v) is 5.01. The molecule has 0 aromatic carbocycles. The first-order valence-corrected chi connectivity index (χ1v) is 8.61.